The second-order valence-electron chi connectivity index (χ2n) is 3.49. The van der Waals surface area contributed by atoms with Gasteiger partial charge in [-0.15, -0.1) is 0 Å². The molecule has 0 heterocycles. The summed E-state index contributed by atoms with van der Waals surface area (Å²) in [6, 6.07) is 10.8. The van der Waals surface area contributed by atoms with Crippen molar-refractivity contribution in [1.29, 1.82) is 0 Å². The van der Waals surface area contributed by atoms with Gasteiger partial charge < -0.3 is 11.1 Å². The molecular weight excluding hydrogens is 323 g/mol. The molecule has 0 saturated carbocycles. The molecule has 0 aliphatic carbocycles. The Morgan fingerprint density at radius 2 is 1.71 bits per heavy atom. The zero-order valence-corrected chi connectivity index (χ0v) is 11.8. The van der Waals surface area contributed by atoms with Gasteiger partial charge in [-0.1, -0.05) is 23.2 Å². The molecule has 0 aliphatic rings. The van der Waals surface area contributed by atoms with Crippen molar-refractivity contribution in [2.75, 3.05) is 11.1 Å². The lowest BCUT2D eigenvalue weighted by Gasteiger charge is -2.10. The minimum absolute atomic E-state index is 0.571. The summed E-state index contributed by atoms with van der Waals surface area (Å²) in [5.74, 6) is 0. The van der Waals surface area contributed by atoms with Crippen molar-refractivity contribution in [1.82, 2.24) is 0 Å². The van der Waals surface area contributed by atoms with E-state index in [0.29, 0.717) is 15.7 Å². The van der Waals surface area contributed by atoms with E-state index in [1.165, 1.54) is 0 Å². The maximum Gasteiger partial charge on any atom is 0.0655 e. The van der Waals surface area contributed by atoms with Crippen molar-refractivity contribution in [3.05, 3.63) is 50.9 Å². The van der Waals surface area contributed by atoms with E-state index in [1.54, 1.807) is 12.1 Å². The van der Waals surface area contributed by atoms with Gasteiger partial charge in [-0.25, -0.2) is 0 Å². The van der Waals surface area contributed by atoms with E-state index in [0.717, 1.165) is 15.8 Å². The number of hydrogen-bond acceptors (Lipinski definition) is 2. The Balaban J connectivity index is 2.31. The lowest BCUT2D eigenvalue weighted by atomic mass is 10.2. The largest absolute Gasteiger partial charge is 0.399 e. The number of halogens is 3. The van der Waals surface area contributed by atoms with Crippen molar-refractivity contribution < 1.29 is 0 Å². The highest BCUT2D eigenvalue weighted by Gasteiger charge is 2.04. The molecule has 0 aliphatic heterocycles. The highest BCUT2D eigenvalue weighted by atomic mass is 79.9. The summed E-state index contributed by atoms with van der Waals surface area (Å²) in [4.78, 5) is 0. The summed E-state index contributed by atoms with van der Waals surface area (Å²) in [7, 11) is 0. The van der Waals surface area contributed by atoms with E-state index in [4.69, 9.17) is 28.9 Å². The van der Waals surface area contributed by atoms with Gasteiger partial charge in [0, 0.05) is 15.2 Å². The van der Waals surface area contributed by atoms with E-state index in [-0.39, 0.29) is 0 Å². The Labute approximate surface area is 118 Å². The molecule has 0 spiro atoms. The summed E-state index contributed by atoms with van der Waals surface area (Å²) in [5.41, 5.74) is 8.05. The molecule has 0 unspecified atom stereocenters. The minimum atomic E-state index is 0.571. The van der Waals surface area contributed by atoms with Gasteiger partial charge in [-0.2, -0.15) is 0 Å². The monoisotopic (exact) mass is 330 g/mol. The number of nitrogens with one attached hydrogen (secondary N) is 1. The predicted molar refractivity (Wildman–Crippen MR) is 78.3 cm³/mol. The Hall–Kier alpha value is -0.900. The van der Waals surface area contributed by atoms with Crippen molar-refractivity contribution >= 4 is 56.2 Å². The highest BCUT2D eigenvalue weighted by molar-refractivity contribution is 9.10. The summed E-state index contributed by atoms with van der Waals surface area (Å²) >= 11 is 15.3. The first kappa shape index (κ1) is 12.6. The van der Waals surface area contributed by atoms with Crippen LogP contribution >= 0.6 is 39.1 Å². The normalized spacial score (nSPS) is 10.3. The van der Waals surface area contributed by atoms with Crippen molar-refractivity contribution in [3.63, 3.8) is 0 Å². The molecule has 88 valence electrons. The first-order chi connectivity index (χ1) is 8.06. The van der Waals surface area contributed by atoms with Gasteiger partial charge in [0.15, 0.2) is 0 Å². The molecule has 3 N–H and O–H groups in total. The lowest BCUT2D eigenvalue weighted by Crippen LogP contribution is -1.93. The Bertz CT molecular complexity index is 509. The smallest absolute Gasteiger partial charge is 0.0655 e. The van der Waals surface area contributed by atoms with Crippen LogP contribution in [0, 0.1) is 0 Å². The average Bonchev–Trinajstić information content (AvgIpc) is 2.25. The number of anilines is 3. The molecular formula is C12H9BrCl2N2. The molecule has 0 saturated heterocycles. The van der Waals surface area contributed by atoms with Crippen LogP contribution in [-0.4, -0.2) is 0 Å². The van der Waals surface area contributed by atoms with Gasteiger partial charge in [0.25, 0.3) is 0 Å². The lowest BCUT2D eigenvalue weighted by molar-refractivity contribution is 1.52. The SMILES string of the molecule is Nc1ccc(Nc2ccc(Cl)cc2Cl)c(Br)c1. The van der Waals surface area contributed by atoms with Crippen LogP contribution in [0.3, 0.4) is 0 Å². The molecule has 2 aromatic rings. The molecule has 2 nitrogen and oxygen atoms in total. The predicted octanol–water partition coefficient (Wildman–Crippen LogP) is 5.08. The summed E-state index contributed by atoms with van der Waals surface area (Å²) < 4.78 is 0.878. The summed E-state index contributed by atoms with van der Waals surface area (Å²) in [6.45, 7) is 0. The number of benzene rings is 2. The topological polar surface area (TPSA) is 38.0 Å². The molecule has 2 rings (SSSR count). The van der Waals surface area contributed by atoms with Crippen LogP contribution < -0.4 is 11.1 Å². The highest BCUT2D eigenvalue weighted by Crippen LogP contribution is 2.32. The van der Waals surface area contributed by atoms with Crippen LogP contribution in [0.1, 0.15) is 0 Å². The Morgan fingerprint density at radius 1 is 1.00 bits per heavy atom. The number of hydrogen-bond donors (Lipinski definition) is 2. The molecule has 5 heteroatoms. The maximum absolute atomic E-state index is 6.08. The van der Waals surface area contributed by atoms with E-state index in [9.17, 15) is 0 Å². The number of nitrogens with two attached hydrogens (primary N) is 1. The minimum Gasteiger partial charge on any atom is -0.399 e. The maximum atomic E-state index is 6.08. The van der Waals surface area contributed by atoms with Crippen LogP contribution in [0.25, 0.3) is 0 Å². The molecule has 17 heavy (non-hydrogen) atoms. The molecule has 0 amide bonds. The number of rotatable bonds is 2. The second kappa shape index (κ2) is 5.17. The van der Waals surface area contributed by atoms with Crippen LogP contribution in [0.2, 0.25) is 10.0 Å². The quantitative estimate of drug-likeness (QED) is 0.753. The van der Waals surface area contributed by atoms with Crippen molar-refractivity contribution in [3.8, 4) is 0 Å². The Kier molecular flexibility index (Phi) is 3.82. The van der Waals surface area contributed by atoms with Gasteiger partial charge >= 0.3 is 0 Å². The molecule has 0 atom stereocenters. The van der Waals surface area contributed by atoms with Crippen LogP contribution in [0.15, 0.2) is 40.9 Å². The van der Waals surface area contributed by atoms with Gasteiger partial charge in [0.2, 0.25) is 0 Å². The second-order valence-corrected chi connectivity index (χ2v) is 5.19. The van der Waals surface area contributed by atoms with E-state index < -0.39 is 0 Å². The zero-order chi connectivity index (χ0) is 12.4. The average molecular weight is 332 g/mol. The van der Waals surface area contributed by atoms with Crippen molar-refractivity contribution in [2.45, 2.75) is 0 Å². The Morgan fingerprint density at radius 3 is 2.35 bits per heavy atom. The van der Waals surface area contributed by atoms with Gasteiger partial charge in [-0.05, 0) is 52.3 Å². The summed E-state index contributed by atoms with van der Waals surface area (Å²) in [6.07, 6.45) is 0. The fourth-order valence-electron chi connectivity index (χ4n) is 1.37. The number of nitrogen functional groups attached to an aromatic ring is 1. The van der Waals surface area contributed by atoms with Crippen LogP contribution in [0.4, 0.5) is 17.1 Å². The van der Waals surface area contributed by atoms with Crippen LogP contribution in [0.5, 0.6) is 0 Å². The molecule has 0 radical (unpaired) electrons. The third kappa shape index (κ3) is 3.06. The summed E-state index contributed by atoms with van der Waals surface area (Å²) in [5, 5.41) is 4.38. The first-order valence-electron chi connectivity index (χ1n) is 4.83. The van der Waals surface area contributed by atoms with Gasteiger partial charge in [0.1, 0.15) is 0 Å². The first-order valence-corrected chi connectivity index (χ1v) is 6.38. The fourth-order valence-corrected chi connectivity index (χ4v) is 2.32. The molecule has 2 aromatic carbocycles. The zero-order valence-electron chi connectivity index (χ0n) is 8.68. The van der Waals surface area contributed by atoms with Gasteiger partial charge in [-0.3, -0.25) is 0 Å². The molecule has 0 bridgehead atoms. The van der Waals surface area contributed by atoms with Crippen LogP contribution in [-0.2, 0) is 0 Å². The standard InChI is InChI=1S/C12H9BrCl2N2/c13-9-6-8(16)2-4-11(9)17-12-3-1-7(14)5-10(12)15/h1-6,17H,16H2. The fraction of sp³-hybridized carbons (Fsp3) is 0. The third-order valence-corrected chi connectivity index (χ3v) is 3.40. The van der Waals surface area contributed by atoms with Crippen molar-refractivity contribution in [2.24, 2.45) is 0 Å². The molecule has 0 aromatic heterocycles. The van der Waals surface area contributed by atoms with E-state index in [1.807, 2.05) is 24.3 Å². The van der Waals surface area contributed by atoms with E-state index >= 15 is 0 Å². The van der Waals surface area contributed by atoms with Gasteiger partial charge in [0.05, 0.1) is 16.4 Å². The molecule has 0 fully saturated rings. The van der Waals surface area contributed by atoms with E-state index in [2.05, 4.69) is 21.2 Å². The third-order valence-electron chi connectivity index (χ3n) is 2.19.